The molecule has 0 saturated heterocycles. The van der Waals surface area contributed by atoms with Crippen molar-refractivity contribution in [1.82, 2.24) is 14.7 Å². The first kappa shape index (κ1) is 25.7. The van der Waals surface area contributed by atoms with Gasteiger partial charge in [-0.15, -0.1) is 0 Å². The molecule has 2 heterocycles. The van der Waals surface area contributed by atoms with E-state index in [0.29, 0.717) is 29.8 Å². The highest BCUT2D eigenvalue weighted by Gasteiger charge is 2.27. The maximum Gasteiger partial charge on any atom is 0.229 e. The minimum Gasteiger partial charge on any atom is -0.366 e. The Bertz CT molecular complexity index is 1130. The summed E-state index contributed by atoms with van der Waals surface area (Å²) in [6, 6.07) is 6.14. The second-order valence-corrected chi connectivity index (χ2v) is 10.7. The molecule has 1 aliphatic carbocycles. The number of halogens is 1. The van der Waals surface area contributed by atoms with E-state index in [-0.39, 0.29) is 23.9 Å². The molecule has 35 heavy (non-hydrogen) atoms. The standard InChI is InChI=1S/C24H33ClN6O3S/c1-15(2)31-21-11-10-18(12-16(21)7-5-9-22(31)32)28-24-26-14-19(25)23(30-24)29-20-8-4-3-6-17(20)13-27-35(33)34/h10-12,14-15,17,20,35H,3-9,13H2,1-2H3,(H,27,33,34)(H2,26,28,29,30)/t17-,20-/m1/s1. The van der Waals surface area contributed by atoms with E-state index < -0.39 is 10.9 Å². The Hall–Kier alpha value is -2.43. The van der Waals surface area contributed by atoms with Crippen molar-refractivity contribution in [3.05, 3.63) is 35.0 Å². The first-order valence-corrected chi connectivity index (χ1v) is 13.8. The lowest BCUT2D eigenvalue weighted by Crippen LogP contribution is -2.38. The number of amides is 1. The zero-order chi connectivity index (χ0) is 24.9. The van der Waals surface area contributed by atoms with Crippen molar-refractivity contribution in [2.45, 2.75) is 70.9 Å². The maximum absolute atomic E-state index is 12.6. The highest BCUT2D eigenvalue weighted by atomic mass is 35.5. The molecule has 11 heteroatoms. The molecule has 2 aromatic rings. The van der Waals surface area contributed by atoms with Crippen molar-refractivity contribution >= 4 is 51.5 Å². The van der Waals surface area contributed by atoms with Gasteiger partial charge in [0.25, 0.3) is 0 Å². The van der Waals surface area contributed by atoms with Crippen LogP contribution in [0.1, 0.15) is 57.9 Å². The molecule has 1 saturated carbocycles. The third-order valence-electron chi connectivity index (χ3n) is 6.67. The van der Waals surface area contributed by atoms with E-state index in [9.17, 15) is 13.2 Å². The Morgan fingerprint density at radius 2 is 1.97 bits per heavy atom. The number of rotatable bonds is 8. The van der Waals surface area contributed by atoms with Gasteiger partial charge in [-0.3, -0.25) is 4.79 Å². The molecular weight excluding hydrogens is 488 g/mol. The van der Waals surface area contributed by atoms with Crippen molar-refractivity contribution in [2.75, 3.05) is 22.1 Å². The predicted octanol–water partition coefficient (Wildman–Crippen LogP) is 4.04. The fourth-order valence-corrected chi connectivity index (χ4v) is 5.55. The van der Waals surface area contributed by atoms with Crippen LogP contribution in [0.2, 0.25) is 5.02 Å². The summed E-state index contributed by atoms with van der Waals surface area (Å²) in [6.45, 7) is 4.46. The minimum absolute atomic E-state index is 0.0681. The first-order chi connectivity index (χ1) is 16.8. The quantitative estimate of drug-likeness (QED) is 0.388. The number of nitrogens with one attached hydrogen (secondary N) is 3. The van der Waals surface area contributed by atoms with Gasteiger partial charge in [0.1, 0.15) is 5.02 Å². The molecule has 4 rings (SSSR count). The first-order valence-electron chi connectivity index (χ1n) is 12.2. The van der Waals surface area contributed by atoms with Crippen LogP contribution < -0.4 is 20.3 Å². The zero-order valence-electron chi connectivity index (χ0n) is 20.1. The number of nitrogens with zero attached hydrogens (tertiary/aromatic N) is 3. The summed E-state index contributed by atoms with van der Waals surface area (Å²) < 4.78 is 24.5. The van der Waals surface area contributed by atoms with Crippen molar-refractivity contribution in [1.29, 1.82) is 0 Å². The normalized spacial score (nSPS) is 20.6. The smallest absolute Gasteiger partial charge is 0.229 e. The van der Waals surface area contributed by atoms with Crippen molar-refractivity contribution in [2.24, 2.45) is 5.92 Å². The highest BCUT2D eigenvalue weighted by molar-refractivity contribution is 7.70. The van der Waals surface area contributed by atoms with Crippen LogP contribution in [0.5, 0.6) is 0 Å². The molecule has 0 spiro atoms. The highest BCUT2D eigenvalue weighted by Crippen LogP contribution is 2.33. The molecule has 0 unspecified atom stereocenters. The van der Waals surface area contributed by atoms with E-state index in [4.69, 9.17) is 11.6 Å². The van der Waals surface area contributed by atoms with E-state index in [1.165, 1.54) is 0 Å². The molecule has 1 aliphatic heterocycles. The number of carbonyl (C=O) groups excluding carboxylic acids is 1. The van der Waals surface area contributed by atoms with Crippen LogP contribution in [0, 0.1) is 5.92 Å². The number of fused-ring (bicyclic) bond motifs is 1. The van der Waals surface area contributed by atoms with E-state index >= 15 is 0 Å². The zero-order valence-corrected chi connectivity index (χ0v) is 21.7. The van der Waals surface area contributed by atoms with Gasteiger partial charge < -0.3 is 15.5 Å². The van der Waals surface area contributed by atoms with Gasteiger partial charge in [0, 0.05) is 36.4 Å². The van der Waals surface area contributed by atoms with Gasteiger partial charge in [-0.05, 0) is 69.2 Å². The summed E-state index contributed by atoms with van der Waals surface area (Å²) in [6.07, 6.45) is 7.76. The third kappa shape index (κ3) is 6.42. The lowest BCUT2D eigenvalue weighted by atomic mass is 9.84. The van der Waals surface area contributed by atoms with Gasteiger partial charge >= 0.3 is 0 Å². The fraction of sp³-hybridized carbons (Fsp3) is 0.542. The molecule has 1 aromatic heterocycles. The molecule has 2 aliphatic rings. The van der Waals surface area contributed by atoms with Crippen LogP contribution in [0.25, 0.3) is 0 Å². The van der Waals surface area contributed by atoms with Crippen molar-refractivity contribution < 1.29 is 13.2 Å². The van der Waals surface area contributed by atoms with Gasteiger partial charge in [-0.1, -0.05) is 24.4 Å². The Kier molecular flexibility index (Phi) is 8.46. The van der Waals surface area contributed by atoms with Crippen LogP contribution in [-0.4, -0.2) is 42.9 Å². The van der Waals surface area contributed by atoms with Crippen LogP contribution >= 0.6 is 11.6 Å². The fourth-order valence-electron chi connectivity index (χ4n) is 5.02. The van der Waals surface area contributed by atoms with E-state index in [1.54, 1.807) is 6.20 Å². The average molecular weight is 521 g/mol. The number of anilines is 4. The largest absolute Gasteiger partial charge is 0.366 e. The molecule has 0 radical (unpaired) electrons. The van der Waals surface area contributed by atoms with Crippen molar-refractivity contribution in [3.63, 3.8) is 0 Å². The lowest BCUT2D eigenvalue weighted by molar-refractivity contribution is -0.118. The second kappa shape index (κ2) is 11.5. The second-order valence-electron chi connectivity index (χ2n) is 9.48. The Morgan fingerprint density at radius 1 is 1.17 bits per heavy atom. The molecule has 1 aromatic carbocycles. The van der Waals surface area contributed by atoms with E-state index in [0.717, 1.165) is 55.5 Å². The summed E-state index contributed by atoms with van der Waals surface area (Å²) in [7, 11) is -2.62. The average Bonchev–Trinajstić information content (AvgIpc) is 2.98. The number of aromatic nitrogens is 2. The number of aryl methyl sites for hydroxylation is 1. The molecular formula is C24H33ClN6O3S. The van der Waals surface area contributed by atoms with Crippen LogP contribution in [-0.2, 0) is 22.1 Å². The number of hydrogen-bond acceptors (Lipinski definition) is 7. The van der Waals surface area contributed by atoms with Gasteiger partial charge in [-0.2, -0.15) is 4.98 Å². The number of thiol groups is 1. The number of carbonyl (C=O) groups is 1. The minimum atomic E-state index is -2.62. The predicted molar refractivity (Wildman–Crippen MR) is 140 cm³/mol. The summed E-state index contributed by atoms with van der Waals surface area (Å²) in [5, 5.41) is 7.11. The SMILES string of the molecule is CC(C)N1C(=O)CCCc2cc(Nc3ncc(Cl)c(N[C@@H]4CCCC[C@@H]4CN[SH](=O)=O)n3)ccc21. The number of benzene rings is 1. The molecule has 1 fully saturated rings. The molecule has 9 nitrogen and oxygen atoms in total. The van der Waals surface area contributed by atoms with Crippen LogP contribution in [0.4, 0.5) is 23.1 Å². The van der Waals surface area contributed by atoms with Crippen LogP contribution in [0.15, 0.2) is 24.4 Å². The summed E-state index contributed by atoms with van der Waals surface area (Å²) >= 11 is 6.40. The Labute approximate surface area is 213 Å². The summed E-state index contributed by atoms with van der Waals surface area (Å²) in [5.74, 6) is 1.26. The molecule has 3 N–H and O–H groups in total. The summed E-state index contributed by atoms with van der Waals surface area (Å²) in [4.78, 5) is 23.4. The molecule has 1 amide bonds. The van der Waals surface area contributed by atoms with Gasteiger partial charge in [-0.25, -0.2) is 18.1 Å². The van der Waals surface area contributed by atoms with E-state index in [2.05, 4.69) is 31.4 Å². The topological polar surface area (TPSA) is 116 Å². The van der Waals surface area contributed by atoms with Gasteiger partial charge in [0.15, 0.2) is 5.82 Å². The maximum atomic E-state index is 12.6. The van der Waals surface area contributed by atoms with E-state index in [1.807, 2.05) is 30.9 Å². The van der Waals surface area contributed by atoms with Crippen molar-refractivity contribution in [3.8, 4) is 0 Å². The molecule has 0 bridgehead atoms. The molecule has 2 atom stereocenters. The number of hydrogen-bond donors (Lipinski definition) is 4. The van der Waals surface area contributed by atoms with Crippen LogP contribution in [0.3, 0.4) is 0 Å². The lowest BCUT2D eigenvalue weighted by Gasteiger charge is -2.32. The molecule has 190 valence electrons. The summed E-state index contributed by atoms with van der Waals surface area (Å²) in [5.41, 5.74) is 2.93. The van der Waals surface area contributed by atoms with Gasteiger partial charge in [0.2, 0.25) is 22.7 Å². The Morgan fingerprint density at radius 3 is 2.74 bits per heavy atom. The monoisotopic (exact) mass is 520 g/mol. The Balaban J connectivity index is 1.51. The third-order valence-corrected chi connectivity index (χ3v) is 7.39. The van der Waals surface area contributed by atoms with Gasteiger partial charge in [0.05, 0.1) is 6.20 Å².